The molecule has 0 fully saturated rings. The van der Waals surface area contributed by atoms with E-state index in [1.54, 1.807) is 13.0 Å². The summed E-state index contributed by atoms with van der Waals surface area (Å²) < 4.78 is 18.2. The zero-order chi connectivity index (χ0) is 12.1. The molecule has 0 aliphatic rings. The van der Waals surface area contributed by atoms with Crippen molar-refractivity contribution in [2.45, 2.75) is 12.8 Å². The number of hydrogen-bond donors (Lipinski definition) is 0. The van der Waals surface area contributed by atoms with Crippen molar-refractivity contribution in [3.05, 3.63) is 34.6 Å². The van der Waals surface area contributed by atoms with Crippen molar-refractivity contribution >= 4 is 17.6 Å². The van der Waals surface area contributed by atoms with Crippen molar-refractivity contribution in [3.8, 4) is 6.07 Å². The molecule has 0 saturated carbocycles. The molecule has 0 spiro atoms. The van der Waals surface area contributed by atoms with Gasteiger partial charge in [0.1, 0.15) is 5.82 Å². The molecule has 1 aromatic carbocycles. The van der Waals surface area contributed by atoms with Crippen LogP contribution in [0.25, 0.3) is 0 Å². The van der Waals surface area contributed by atoms with Crippen LogP contribution in [0.5, 0.6) is 0 Å². The molecule has 0 radical (unpaired) electrons. The summed E-state index contributed by atoms with van der Waals surface area (Å²) in [5.41, 5.74) is -0.0616. The van der Waals surface area contributed by atoms with E-state index >= 15 is 0 Å². The first-order valence-electron chi connectivity index (χ1n) is 4.62. The van der Waals surface area contributed by atoms with Crippen LogP contribution in [-0.4, -0.2) is 12.6 Å². The number of benzene rings is 1. The molecule has 0 saturated heterocycles. The number of nitrogens with zero attached hydrogens (tertiary/aromatic N) is 1. The van der Waals surface area contributed by atoms with Crippen LogP contribution >= 0.6 is 11.6 Å². The Hall–Kier alpha value is -1.60. The quantitative estimate of drug-likeness (QED) is 0.765. The summed E-state index contributed by atoms with van der Waals surface area (Å²) in [4.78, 5) is 11.4. The molecule has 3 nitrogen and oxygen atoms in total. The van der Waals surface area contributed by atoms with Crippen LogP contribution in [0.2, 0.25) is 5.02 Å². The minimum Gasteiger partial charge on any atom is -0.465 e. The number of nitriles is 1. The second kappa shape index (κ2) is 5.47. The van der Waals surface area contributed by atoms with E-state index in [9.17, 15) is 9.18 Å². The van der Waals surface area contributed by atoms with E-state index in [1.165, 1.54) is 18.2 Å². The van der Waals surface area contributed by atoms with Crippen molar-refractivity contribution in [2.75, 3.05) is 6.61 Å². The Balaban J connectivity index is 3.10. The highest BCUT2D eigenvalue weighted by Gasteiger charge is 2.25. The SMILES string of the molecule is CCOC(=O)C(C#N)c1cccc(Cl)c1F. The lowest BCUT2D eigenvalue weighted by atomic mass is 10.0. The van der Waals surface area contributed by atoms with Crippen LogP contribution < -0.4 is 0 Å². The second-order valence-corrected chi connectivity index (χ2v) is 3.36. The van der Waals surface area contributed by atoms with Crippen LogP contribution in [-0.2, 0) is 9.53 Å². The summed E-state index contributed by atoms with van der Waals surface area (Å²) in [7, 11) is 0. The molecule has 1 aromatic rings. The van der Waals surface area contributed by atoms with Gasteiger partial charge in [-0.1, -0.05) is 23.7 Å². The van der Waals surface area contributed by atoms with E-state index in [2.05, 4.69) is 4.74 Å². The van der Waals surface area contributed by atoms with Crippen LogP contribution in [0.15, 0.2) is 18.2 Å². The van der Waals surface area contributed by atoms with Crippen LogP contribution in [0.3, 0.4) is 0 Å². The van der Waals surface area contributed by atoms with Crippen LogP contribution in [0.1, 0.15) is 18.4 Å². The third-order valence-corrected chi connectivity index (χ3v) is 2.24. The lowest BCUT2D eigenvalue weighted by Crippen LogP contribution is -2.15. The predicted molar refractivity (Wildman–Crippen MR) is 56.4 cm³/mol. The first kappa shape index (κ1) is 12.5. The average Bonchev–Trinajstić information content (AvgIpc) is 2.25. The molecule has 0 N–H and O–H groups in total. The summed E-state index contributed by atoms with van der Waals surface area (Å²) in [5, 5.41) is 8.71. The molecule has 1 atom stereocenters. The number of carbonyl (C=O) groups excluding carboxylic acids is 1. The van der Waals surface area contributed by atoms with Crippen molar-refractivity contribution < 1.29 is 13.9 Å². The van der Waals surface area contributed by atoms with Gasteiger partial charge in [-0.3, -0.25) is 4.79 Å². The third kappa shape index (κ3) is 2.50. The highest BCUT2D eigenvalue weighted by Crippen LogP contribution is 2.25. The summed E-state index contributed by atoms with van der Waals surface area (Å²) in [5.74, 6) is -2.81. The molecule has 0 aliphatic heterocycles. The molecule has 0 heterocycles. The van der Waals surface area contributed by atoms with Gasteiger partial charge in [0.05, 0.1) is 17.7 Å². The topological polar surface area (TPSA) is 50.1 Å². The number of ether oxygens (including phenoxy) is 1. The molecule has 0 amide bonds. The van der Waals surface area contributed by atoms with E-state index < -0.39 is 17.7 Å². The van der Waals surface area contributed by atoms with E-state index in [0.29, 0.717) is 0 Å². The third-order valence-electron chi connectivity index (χ3n) is 1.94. The lowest BCUT2D eigenvalue weighted by Gasteiger charge is -2.09. The molecule has 1 unspecified atom stereocenters. The number of halogens is 2. The first-order chi connectivity index (χ1) is 7.61. The lowest BCUT2D eigenvalue weighted by molar-refractivity contribution is -0.143. The van der Waals surface area contributed by atoms with Crippen LogP contribution in [0, 0.1) is 17.1 Å². The van der Waals surface area contributed by atoms with Gasteiger partial charge in [-0.15, -0.1) is 0 Å². The Morgan fingerprint density at radius 2 is 2.38 bits per heavy atom. The maximum absolute atomic E-state index is 13.5. The van der Waals surface area contributed by atoms with Gasteiger partial charge in [-0.05, 0) is 13.0 Å². The zero-order valence-electron chi connectivity index (χ0n) is 8.54. The standard InChI is InChI=1S/C11H9ClFNO2/c1-2-16-11(15)8(6-14)7-4-3-5-9(12)10(7)13/h3-5,8H,2H2,1H3. The molecular formula is C11H9ClFNO2. The maximum Gasteiger partial charge on any atom is 0.328 e. The summed E-state index contributed by atoms with van der Waals surface area (Å²) in [6, 6.07) is 5.86. The largest absolute Gasteiger partial charge is 0.465 e. The minimum atomic E-state index is -1.28. The highest BCUT2D eigenvalue weighted by atomic mass is 35.5. The van der Waals surface area contributed by atoms with Gasteiger partial charge in [0.25, 0.3) is 0 Å². The Kier molecular flexibility index (Phi) is 4.27. The van der Waals surface area contributed by atoms with E-state index in [-0.39, 0.29) is 17.2 Å². The van der Waals surface area contributed by atoms with Crippen LogP contribution in [0.4, 0.5) is 4.39 Å². The van der Waals surface area contributed by atoms with Crippen molar-refractivity contribution in [3.63, 3.8) is 0 Å². The number of carbonyl (C=O) groups is 1. The zero-order valence-corrected chi connectivity index (χ0v) is 9.29. The van der Waals surface area contributed by atoms with E-state index in [4.69, 9.17) is 16.9 Å². The summed E-state index contributed by atoms with van der Waals surface area (Å²) in [6.45, 7) is 1.75. The maximum atomic E-state index is 13.5. The molecule has 5 heteroatoms. The van der Waals surface area contributed by atoms with Gasteiger partial charge >= 0.3 is 5.97 Å². The molecule has 0 aromatic heterocycles. The summed E-state index contributed by atoms with van der Waals surface area (Å²) >= 11 is 5.56. The van der Waals surface area contributed by atoms with E-state index in [1.807, 2.05) is 0 Å². The highest BCUT2D eigenvalue weighted by molar-refractivity contribution is 6.30. The monoisotopic (exact) mass is 241 g/mol. The van der Waals surface area contributed by atoms with Gasteiger partial charge in [0.15, 0.2) is 5.92 Å². The fraction of sp³-hybridized carbons (Fsp3) is 0.273. The fourth-order valence-corrected chi connectivity index (χ4v) is 1.40. The normalized spacial score (nSPS) is 11.6. The molecule has 84 valence electrons. The Morgan fingerprint density at radius 3 is 2.94 bits per heavy atom. The molecular weight excluding hydrogens is 233 g/mol. The number of esters is 1. The molecule has 16 heavy (non-hydrogen) atoms. The average molecular weight is 242 g/mol. The molecule has 0 aliphatic carbocycles. The van der Waals surface area contributed by atoms with Gasteiger partial charge < -0.3 is 4.74 Å². The molecule has 0 bridgehead atoms. The van der Waals surface area contributed by atoms with Gasteiger partial charge in [0.2, 0.25) is 0 Å². The summed E-state index contributed by atoms with van der Waals surface area (Å²) in [6.07, 6.45) is 0. The fourth-order valence-electron chi connectivity index (χ4n) is 1.22. The van der Waals surface area contributed by atoms with Gasteiger partial charge in [-0.2, -0.15) is 5.26 Å². The minimum absolute atomic E-state index is 0.0616. The predicted octanol–water partition coefficient (Wildman–Crippen LogP) is 2.65. The van der Waals surface area contributed by atoms with Gasteiger partial charge in [-0.25, -0.2) is 4.39 Å². The van der Waals surface area contributed by atoms with Crippen molar-refractivity contribution in [1.82, 2.24) is 0 Å². The Labute approximate surface area is 97.4 Å². The second-order valence-electron chi connectivity index (χ2n) is 2.96. The molecule has 1 rings (SSSR count). The van der Waals surface area contributed by atoms with E-state index in [0.717, 1.165) is 0 Å². The first-order valence-corrected chi connectivity index (χ1v) is 4.99. The van der Waals surface area contributed by atoms with Crippen molar-refractivity contribution in [1.29, 1.82) is 5.26 Å². The Bertz CT molecular complexity index is 442. The van der Waals surface area contributed by atoms with Gasteiger partial charge in [0, 0.05) is 5.56 Å². The van der Waals surface area contributed by atoms with Crippen molar-refractivity contribution in [2.24, 2.45) is 0 Å². The smallest absolute Gasteiger partial charge is 0.328 e. The number of hydrogen-bond acceptors (Lipinski definition) is 3. The number of rotatable bonds is 3. The Morgan fingerprint density at radius 1 is 1.69 bits per heavy atom.